The van der Waals surface area contributed by atoms with Gasteiger partial charge in [-0.05, 0) is 57.0 Å². The number of nitrogens with zero attached hydrogens (tertiary/aromatic N) is 2. The van der Waals surface area contributed by atoms with Gasteiger partial charge in [0, 0.05) is 18.7 Å². The predicted molar refractivity (Wildman–Crippen MR) is 153 cm³/mol. The standard InChI is InChI=1S/C30H37N3O5S/c1-6-23(3)31-30(35)24(4)32(20-25-11-8-7-9-12-25)29(34)21-33(26-13-10-14-27(19-26)38-5)39(36,37)28-17-15-22(2)16-18-28/h7-19,23-24H,6,20-21H2,1-5H3,(H,31,35)/t23-,24+/m0/s1. The van der Waals surface area contributed by atoms with Crippen LogP contribution in [0.5, 0.6) is 5.75 Å². The molecule has 0 heterocycles. The summed E-state index contributed by atoms with van der Waals surface area (Å²) in [4.78, 5) is 28.5. The second kappa shape index (κ2) is 13.3. The topological polar surface area (TPSA) is 96.0 Å². The van der Waals surface area contributed by atoms with Gasteiger partial charge in [-0.15, -0.1) is 0 Å². The molecule has 0 spiro atoms. The van der Waals surface area contributed by atoms with Gasteiger partial charge < -0.3 is 15.0 Å². The first-order valence-corrected chi connectivity index (χ1v) is 14.4. The predicted octanol–water partition coefficient (Wildman–Crippen LogP) is 4.53. The van der Waals surface area contributed by atoms with Crippen molar-refractivity contribution < 1.29 is 22.7 Å². The number of carbonyl (C=O) groups is 2. The Morgan fingerprint density at radius 3 is 2.23 bits per heavy atom. The van der Waals surface area contributed by atoms with Crippen molar-refractivity contribution in [2.75, 3.05) is 18.0 Å². The molecule has 9 heteroatoms. The number of carbonyl (C=O) groups excluding carboxylic acids is 2. The van der Waals surface area contributed by atoms with Gasteiger partial charge >= 0.3 is 0 Å². The molecule has 0 saturated heterocycles. The molecule has 0 aliphatic heterocycles. The Kier molecular flexibility index (Phi) is 10.1. The molecule has 39 heavy (non-hydrogen) atoms. The minimum Gasteiger partial charge on any atom is -0.497 e. The third-order valence-corrected chi connectivity index (χ3v) is 8.38. The van der Waals surface area contributed by atoms with E-state index in [0.717, 1.165) is 21.9 Å². The molecule has 0 radical (unpaired) electrons. The number of nitrogens with one attached hydrogen (secondary N) is 1. The Balaban J connectivity index is 2.03. The molecule has 0 aliphatic rings. The molecular weight excluding hydrogens is 514 g/mol. The highest BCUT2D eigenvalue weighted by Crippen LogP contribution is 2.28. The lowest BCUT2D eigenvalue weighted by Crippen LogP contribution is -2.52. The van der Waals surface area contributed by atoms with Gasteiger partial charge in [-0.25, -0.2) is 8.42 Å². The number of aryl methyl sites for hydroxylation is 1. The number of methoxy groups -OCH3 is 1. The highest BCUT2D eigenvalue weighted by Gasteiger charge is 2.33. The molecule has 3 aromatic carbocycles. The summed E-state index contributed by atoms with van der Waals surface area (Å²) in [5, 5.41) is 2.93. The van der Waals surface area contributed by atoms with Crippen LogP contribution >= 0.6 is 0 Å². The first kappa shape index (κ1) is 29.7. The summed E-state index contributed by atoms with van der Waals surface area (Å²) >= 11 is 0. The molecule has 3 rings (SSSR count). The average Bonchev–Trinajstić information content (AvgIpc) is 2.94. The van der Waals surface area contributed by atoms with E-state index in [1.165, 1.54) is 24.1 Å². The van der Waals surface area contributed by atoms with Gasteiger partial charge in [-0.1, -0.05) is 61.0 Å². The van der Waals surface area contributed by atoms with E-state index in [4.69, 9.17) is 4.74 Å². The van der Waals surface area contributed by atoms with E-state index in [2.05, 4.69) is 5.32 Å². The van der Waals surface area contributed by atoms with Gasteiger partial charge in [0.2, 0.25) is 11.8 Å². The Morgan fingerprint density at radius 2 is 1.62 bits per heavy atom. The van der Waals surface area contributed by atoms with Crippen molar-refractivity contribution in [2.24, 2.45) is 0 Å². The second-order valence-electron chi connectivity index (χ2n) is 9.53. The molecule has 8 nitrogen and oxygen atoms in total. The highest BCUT2D eigenvalue weighted by molar-refractivity contribution is 7.92. The maximum absolute atomic E-state index is 13.9. The zero-order chi connectivity index (χ0) is 28.6. The van der Waals surface area contributed by atoms with Crippen LogP contribution < -0.4 is 14.4 Å². The highest BCUT2D eigenvalue weighted by atomic mass is 32.2. The van der Waals surface area contributed by atoms with Crippen molar-refractivity contribution in [1.82, 2.24) is 10.2 Å². The van der Waals surface area contributed by atoms with Gasteiger partial charge in [-0.3, -0.25) is 13.9 Å². The van der Waals surface area contributed by atoms with Crippen LogP contribution in [0.3, 0.4) is 0 Å². The quantitative estimate of drug-likeness (QED) is 0.357. The third kappa shape index (κ3) is 7.60. The molecule has 0 saturated carbocycles. The average molecular weight is 552 g/mol. The maximum atomic E-state index is 13.9. The lowest BCUT2D eigenvalue weighted by Gasteiger charge is -2.32. The molecule has 2 atom stereocenters. The van der Waals surface area contributed by atoms with E-state index in [1.807, 2.05) is 51.1 Å². The summed E-state index contributed by atoms with van der Waals surface area (Å²) in [5.74, 6) is -0.362. The molecule has 3 aromatic rings. The van der Waals surface area contributed by atoms with Crippen LogP contribution in [0.15, 0.2) is 83.8 Å². The largest absolute Gasteiger partial charge is 0.497 e. The van der Waals surface area contributed by atoms with Crippen molar-refractivity contribution >= 4 is 27.5 Å². The van der Waals surface area contributed by atoms with Gasteiger partial charge in [0.15, 0.2) is 0 Å². The smallest absolute Gasteiger partial charge is 0.264 e. The van der Waals surface area contributed by atoms with Crippen LogP contribution in [0.1, 0.15) is 38.3 Å². The van der Waals surface area contributed by atoms with Crippen molar-refractivity contribution in [2.45, 2.75) is 57.6 Å². The van der Waals surface area contributed by atoms with Crippen molar-refractivity contribution in [3.8, 4) is 5.75 Å². The van der Waals surface area contributed by atoms with Gasteiger partial charge in [0.25, 0.3) is 10.0 Å². The summed E-state index contributed by atoms with van der Waals surface area (Å²) in [7, 11) is -2.65. The number of hydrogen-bond donors (Lipinski definition) is 1. The van der Waals surface area contributed by atoms with Crippen LogP contribution in [0.4, 0.5) is 5.69 Å². The maximum Gasteiger partial charge on any atom is 0.264 e. The number of hydrogen-bond acceptors (Lipinski definition) is 5. The van der Waals surface area contributed by atoms with Crippen molar-refractivity contribution in [3.63, 3.8) is 0 Å². The molecule has 2 amide bonds. The second-order valence-corrected chi connectivity index (χ2v) is 11.4. The fourth-order valence-electron chi connectivity index (χ4n) is 3.96. The van der Waals surface area contributed by atoms with E-state index >= 15 is 0 Å². The Morgan fingerprint density at radius 1 is 0.949 bits per heavy atom. The van der Waals surface area contributed by atoms with Crippen molar-refractivity contribution in [3.05, 3.63) is 90.0 Å². The lowest BCUT2D eigenvalue weighted by molar-refractivity contribution is -0.139. The molecule has 1 N–H and O–H groups in total. The summed E-state index contributed by atoms with van der Waals surface area (Å²) < 4.78 is 34.2. The molecule has 0 bridgehead atoms. The van der Waals surface area contributed by atoms with E-state index in [-0.39, 0.29) is 29.1 Å². The summed E-state index contributed by atoms with van der Waals surface area (Å²) in [6.45, 7) is 7.02. The van der Waals surface area contributed by atoms with E-state index in [0.29, 0.717) is 5.75 Å². The number of benzene rings is 3. The summed E-state index contributed by atoms with van der Waals surface area (Å²) in [5.41, 5.74) is 2.01. The van der Waals surface area contributed by atoms with Gasteiger partial charge in [0.05, 0.1) is 17.7 Å². The molecule has 0 fully saturated rings. The zero-order valence-corrected chi connectivity index (χ0v) is 23.9. The number of ether oxygens (including phenoxy) is 1. The number of rotatable bonds is 12. The van der Waals surface area contributed by atoms with Crippen LogP contribution in [0.2, 0.25) is 0 Å². The molecule has 0 unspecified atom stereocenters. The molecule has 0 aliphatic carbocycles. The SMILES string of the molecule is CC[C@H](C)NC(=O)[C@@H](C)N(Cc1ccccc1)C(=O)CN(c1cccc(OC)c1)S(=O)(=O)c1ccc(C)cc1. The van der Waals surface area contributed by atoms with Crippen LogP contribution in [0, 0.1) is 6.92 Å². The van der Waals surface area contributed by atoms with Crippen LogP contribution in [0.25, 0.3) is 0 Å². The first-order valence-electron chi connectivity index (χ1n) is 12.9. The number of anilines is 1. The van der Waals surface area contributed by atoms with E-state index in [1.54, 1.807) is 43.3 Å². The molecule has 0 aromatic heterocycles. The van der Waals surface area contributed by atoms with E-state index in [9.17, 15) is 18.0 Å². The third-order valence-electron chi connectivity index (χ3n) is 6.59. The Hall–Kier alpha value is -3.85. The minimum absolute atomic E-state index is 0.0564. The fourth-order valence-corrected chi connectivity index (χ4v) is 5.37. The van der Waals surface area contributed by atoms with Crippen LogP contribution in [-0.2, 0) is 26.2 Å². The molecule has 208 valence electrons. The van der Waals surface area contributed by atoms with E-state index < -0.39 is 28.5 Å². The Labute approximate surface area is 231 Å². The van der Waals surface area contributed by atoms with Gasteiger partial charge in [0.1, 0.15) is 18.3 Å². The minimum atomic E-state index is -4.14. The number of sulfonamides is 1. The number of amides is 2. The van der Waals surface area contributed by atoms with Crippen molar-refractivity contribution in [1.29, 1.82) is 0 Å². The fraction of sp³-hybridized carbons (Fsp3) is 0.333. The zero-order valence-electron chi connectivity index (χ0n) is 23.1. The molecular formula is C30H37N3O5S. The first-order chi connectivity index (χ1) is 18.6. The lowest BCUT2D eigenvalue weighted by atomic mass is 10.1. The monoisotopic (exact) mass is 551 g/mol. The Bertz CT molecular complexity index is 1360. The summed E-state index contributed by atoms with van der Waals surface area (Å²) in [6, 6.07) is 21.4. The normalized spacial score (nSPS) is 12.7. The van der Waals surface area contributed by atoms with Gasteiger partial charge in [-0.2, -0.15) is 0 Å². The summed E-state index contributed by atoms with van der Waals surface area (Å²) in [6.07, 6.45) is 0.740. The van der Waals surface area contributed by atoms with Crippen LogP contribution in [-0.4, -0.2) is 50.9 Å².